The molecule has 7 heteroatoms. The van der Waals surface area contributed by atoms with Crippen LogP contribution in [0.2, 0.25) is 0 Å². The number of aromatic nitrogens is 4. The molecule has 0 amide bonds. The van der Waals surface area contributed by atoms with Gasteiger partial charge in [0.05, 0.1) is 23.1 Å². The number of nitrogens with one attached hydrogen (secondary N) is 1. The van der Waals surface area contributed by atoms with Crippen molar-refractivity contribution in [3.63, 3.8) is 0 Å². The molecular formula is C26H24FN5S. The fourth-order valence-electron chi connectivity index (χ4n) is 4.54. The molecule has 5 nitrogen and oxygen atoms in total. The molecule has 6 rings (SSSR count). The number of benzene rings is 1. The van der Waals surface area contributed by atoms with Crippen LogP contribution in [0.3, 0.4) is 0 Å². The predicted octanol–water partition coefficient (Wildman–Crippen LogP) is 6.37. The second-order valence-electron chi connectivity index (χ2n) is 8.62. The van der Waals surface area contributed by atoms with Crippen molar-refractivity contribution in [3.8, 4) is 22.6 Å². The molecule has 0 radical (unpaired) electrons. The van der Waals surface area contributed by atoms with Crippen LogP contribution in [-0.2, 0) is 6.42 Å². The van der Waals surface area contributed by atoms with Crippen molar-refractivity contribution in [2.24, 2.45) is 0 Å². The first-order valence-electron chi connectivity index (χ1n) is 11.4. The zero-order valence-corrected chi connectivity index (χ0v) is 18.9. The number of allylic oxidation sites excluding steroid dienone is 1. The maximum absolute atomic E-state index is 13.6. The normalized spacial score (nSPS) is 17.9. The molecular weight excluding hydrogens is 433 g/mol. The number of hydrogen-bond donors (Lipinski definition) is 1. The third-order valence-corrected chi connectivity index (χ3v) is 7.30. The SMILES string of the molecule is Fc1ccc(-c2nc3n(c2-c2ccnc(NC4CCC4)n2)C(C=Cc2cccs2)CC3)cc1. The third-order valence-electron chi connectivity index (χ3n) is 6.46. The molecule has 0 spiro atoms. The molecule has 1 unspecified atom stereocenters. The van der Waals surface area contributed by atoms with Gasteiger partial charge in [-0.3, -0.25) is 0 Å². The maximum atomic E-state index is 13.6. The van der Waals surface area contributed by atoms with Crippen LogP contribution in [0, 0.1) is 5.82 Å². The Morgan fingerprint density at radius 1 is 1.06 bits per heavy atom. The highest BCUT2D eigenvalue weighted by Crippen LogP contribution is 2.40. The van der Waals surface area contributed by atoms with Crippen LogP contribution in [0.25, 0.3) is 28.7 Å². The van der Waals surface area contributed by atoms with Gasteiger partial charge in [0.1, 0.15) is 11.6 Å². The summed E-state index contributed by atoms with van der Waals surface area (Å²) >= 11 is 1.73. The van der Waals surface area contributed by atoms with Crippen LogP contribution in [0.5, 0.6) is 0 Å². The van der Waals surface area contributed by atoms with E-state index in [4.69, 9.17) is 9.97 Å². The van der Waals surface area contributed by atoms with Gasteiger partial charge in [-0.15, -0.1) is 11.3 Å². The quantitative estimate of drug-likeness (QED) is 0.365. The highest BCUT2D eigenvalue weighted by Gasteiger charge is 2.30. The first-order valence-corrected chi connectivity index (χ1v) is 12.3. The summed E-state index contributed by atoms with van der Waals surface area (Å²) in [5.41, 5.74) is 3.53. The van der Waals surface area contributed by atoms with E-state index in [0.29, 0.717) is 12.0 Å². The van der Waals surface area contributed by atoms with Crippen molar-refractivity contribution >= 4 is 23.4 Å². The first kappa shape index (κ1) is 20.3. The monoisotopic (exact) mass is 457 g/mol. The van der Waals surface area contributed by atoms with Crippen LogP contribution in [0.4, 0.5) is 10.3 Å². The lowest BCUT2D eigenvalue weighted by Gasteiger charge is -2.26. The van der Waals surface area contributed by atoms with Gasteiger partial charge in [0.2, 0.25) is 5.95 Å². The number of thiophene rings is 1. The Hall–Kier alpha value is -3.32. The van der Waals surface area contributed by atoms with E-state index in [1.54, 1.807) is 23.5 Å². The number of rotatable bonds is 6. The zero-order valence-electron chi connectivity index (χ0n) is 18.1. The molecule has 1 atom stereocenters. The summed E-state index contributed by atoms with van der Waals surface area (Å²) in [7, 11) is 0. The van der Waals surface area contributed by atoms with Gasteiger partial charge < -0.3 is 9.88 Å². The van der Waals surface area contributed by atoms with Crippen LogP contribution in [-0.4, -0.2) is 25.6 Å². The minimum atomic E-state index is -0.252. The number of aryl methyl sites for hydroxylation is 1. The van der Waals surface area contributed by atoms with Gasteiger partial charge in [-0.2, -0.15) is 0 Å². The van der Waals surface area contributed by atoms with Gasteiger partial charge in [-0.05, 0) is 73.5 Å². The van der Waals surface area contributed by atoms with E-state index in [0.717, 1.165) is 54.2 Å². The largest absolute Gasteiger partial charge is 0.351 e. The average Bonchev–Trinajstić information content (AvgIpc) is 3.53. The number of anilines is 1. The van der Waals surface area contributed by atoms with E-state index in [2.05, 4.69) is 44.5 Å². The smallest absolute Gasteiger partial charge is 0.223 e. The van der Waals surface area contributed by atoms with Crippen molar-refractivity contribution in [1.29, 1.82) is 0 Å². The lowest BCUT2D eigenvalue weighted by molar-refractivity contribution is 0.443. The van der Waals surface area contributed by atoms with E-state index < -0.39 is 0 Å². The molecule has 4 aromatic rings. The summed E-state index contributed by atoms with van der Waals surface area (Å²) in [5.74, 6) is 1.44. The molecule has 0 saturated heterocycles. The Morgan fingerprint density at radius 3 is 2.70 bits per heavy atom. The fraction of sp³-hybridized carbons (Fsp3) is 0.269. The van der Waals surface area contributed by atoms with Gasteiger partial charge in [-0.1, -0.05) is 12.1 Å². The molecule has 2 aliphatic rings. The lowest BCUT2D eigenvalue weighted by atomic mass is 9.93. The minimum Gasteiger partial charge on any atom is -0.351 e. The topological polar surface area (TPSA) is 55.6 Å². The van der Waals surface area contributed by atoms with Gasteiger partial charge in [0.15, 0.2) is 0 Å². The number of fused-ring (bicyclic) bond motifs is 1. The van der Waals surface area contributed by atoms with Crippen LogP contribution in [0.15, 0.2) is 60.1 Å². The van der Waals surface area contributed by atoms with E-state index >= 15 is 0 Å². The summed E-state index contributed by atoms with van der Waals surface area (Å²) in [6.45, 7) is 0. The van der Waals surface area contributed by atoms with Crippen LogP contribution >= 0.6 is 11.3 Å². The highest BCUT2D eigenvalue weighted by atomic mass is 32.1. The first-order chi connectivity index (χ1) is 16.2. The summed E-state index contributed by atoms with van der Waals surface area (Å²) in [4.78, 5) is 15.6. The Morgan fingerprint density at radius 2 is 1.94 bits per heavy atom. The van der Waals surface area contributed by atoms with Crippen molar-refractivity contribution in [2.45, 2.75) is 44.2 Å². The molecule has 4 heterocycles. The van der Waals surface area contributed by atoms with E-state index in [-0.39, 0.29) is 11.9 Å². The summed E-state index contributed by atoms with van der Waals surface area (Å²) < 4.78 is 15.9. The highest BCUT2D eigenvalue weighted by molar-refractivity contribution is 7.10. The fourth-order valence-corrected chi connectivity index (χ4v) is 5.17. The zero-order chi connectivity index (χ0) is 22.2. The number of halogens is 1. The Bertz CT molecular complexity index is 1290. The molecule has 33 heavy (non-hydrogen) atoms. The molecule has 3 aromatic heterocycles. The van der Waals surface area contributed by atoms with Gasteiger partial charge in [0, 0.05) is 29.1 Å². The average molecular weight is 458 g/mol. The molecule has 1 aliphatic heterocycles. The Kier molecular flexibility index (Phi) is 5.26. The van der Waals surface area contributed by atoms with E-state index in [1.807, 2.05) is 12.3 Å². The third kappa shape index (κ3) is 3.97. The second-order valence-corrected chi connectivity index (χ2v) is 9.60. The van der Waals surface area contributed by atoms with Gasteiger partial charge in [-0.25, -0.2) is 19.3 Å². The molecule has 166 valence electrons. The standard InChI is InChI=1S/C26H24FN5S/c27-18-8-6-17(7-9-18)24-25(22-14-15-28-26(30-22)29-19-3-1-4-19)32-20(11-13-23(32)31-24)10-12-21-5-2-16-33-21/h2,5-10,12,14-16,19-20H,1,3-4,11,13H2,(H,28,29,30). The predicted molar refractivity (Wildman–Crippen MR) is 131 cm³/mol. The minimum absolute atomic E-state index is 0.191. The number of nitrogens with zero attached hydrogens (tertiary/aromatic N) is 4. The van der Waals surface area contributed by atoms with E-state index in [9.17, 15) is 4.39 Å². The maximum Gasteiger partial charge on any atom is 0.223 e. The van der Waals surface area contributed by atoms with Gasteiger partial charge >= 0.3 is 0 Å². The molecule has 1 aliphatic carbocycles. The molecule has 1 aromatic carbocycles. The summed E-state index contributed by atoms with van der Waals surface area (Å²) in [5, 5.41) is 5.55. The molecule has 1 N–H and O–H groups in total. The van der Waals surface area contributed by atoms with Gasteiger partial charge in [0.25, 0.3) is 0 Å². The lowest BCUT2D eigenvalue weighted by Crippen LogP contribution is -2.28. The Labute approximate surface area is 196 Å². The van der Waals surface area contributed by atoms with Crippen molar-refractivity contribution < 1.29 is 4.39 Å². The van der Waals surface area contributed by atoms with Crippen molar-refractivity contribution in [2.75, 3.05) is 5.32 Å². The van der Waals surface area contributed by atoms with E-state index in [1.165, 1.54) is 23.4 Å². The number of hydrogen-bond acceptors (Lipinski definition) is 5. The van der Waals surface area contributed by atoms with Crippen molar-refractivity contribution in [3.05, 3.63) is 76.6 Å². The summed E-state index contributed by atoms with van der Waals surface area (Å²) in [6, 6.07) is 13.3. The Balaban J connectivity index is 1.45. The summed E-state index contributed by atoms with van der Waals surface area (Å²) in [6.07, 6.45) is 11.7. The molecule has 1 saturated carbocycles. The number of imidazole rings is 1. The van der Waals surface area contributed by atoms with Crippen LogP contribution < -0.4 is 5.32 Å². The second kappa shape index (κ2) is 8.56. The van der Waals surface area contributed by atoms with Crippen LogP contribution in [0.1, 0.15) is 42.4 Å². The molecule has 1 fully saturated rings. The molecule has 0 bridgehead atoms. The van der Waals surface area contributed by atoms with Crippen molar-refractivity contribution in [1.82, 2.24) is 19.5 Å².